The number of carboxylic acids is 1. The van der Waals surface area contributed by atoms with Crippen LogP contribution in [0, 0.1) is 11.2 Å². The van der Waals surface area contributed by atoms with Gasteiger partial charge in [0.1, 0.15) is 11.2 Å². The van der Waals surface area contributed by atoms with Crippen molar-refractivity contribution in [1.29, 1.82) is 0 Å². The van der Waals surface area contributed by atoms with Crippen LogP contribution in [0.15, 0.2) is 24.3 Å². The summed E-state index contributed by atoms with van der Waals surface area (Å²) in [6.45, 7) is 0. The zero-order valence-corrected chi connectivity index (χ0v) is 8.37. The van der Waals surface area contributed by atoms with Crippen LogP contribution in [0.2, 0.25) is 0 Å². The third-order valence-corrected chi connectivity index (χ3v) is 2.68. The second kappa shape index (κ2) is 3.59. The summed E-state index contributed by atoms with van der Waals surface area (Å²) in [6.07, 6.45) is 0.674. The number of benzene rings is 1. The molecule has 0 atom stereocenters. The molecule has 0 aliphatic heterocycles. The second-order valence-electron chi connectivity index (χ2n) is 3.85. The molecule has 1 aliphatic carbocycles. The SMILES string of the molecule is O=C(O)C1(C(=O)Nc2cccc(F)c2)CC1. The fourth-order valence-electron chi connectivity index (χ4n) is 1.48. The monoisotopic (exact) mass is 223 g/mol. The first-order valence-corrected chi connectivity index (χ1v) is 4.85. The maximum Gasteiger partial charge on any atom is 0.319 e. The molecule has 0 heterocycles. The van der Waals surface area contributed by atoms with Gasteiger partial charge in [0.05, 0.1) is 0 Å². The van der Waals surface area contributed by atoms with Gasteiger partial charge in [-0.05, 0) is 31.0 Å². The first kappa shape index (κ1) is 10.6. The van der Waals surface area contributed by atoms with E-state index in [0.717, 1.165) is 6.07 Å². The number of carboxylic acid groups (broad SMARTS) is 1. The number of aliphatic carboxylic acids is 1. The zero-order chi connectivity index (χ0) is 11.8. The largest absolute Gasteiger partial charge is 0.480 e. The van der Waals surface area contributed by atoms with Gasteiger partial charge in [0.25, 0.3) is 0 Å². The van der Waals surface area contributed by atoms with Crippen LogP contribution in [-0.2, 0) is 9.59 Å². The van der Waals surface area contributed by atoms with Crippen LogP contribution >= 0.6 is 0 Å². The standard InChI is InChI=1S/C11H10FNO3/c12-7-2-1-3-8(6-7)13-9(14)11(4-5-11)10(15)16/h1-3,6H,4-5H2,(H,13,14)(H,15,16). The van der Waals surface area contributed by atoms with Crippen molar-refractivity contribution in [3.8, 4) is 0 Å². The fraction of sp³-hybridized carbons (Fsp3) is 0.273. The van der Waals surface area contributed by atoms with E-state index < -0.39 is 23.1 Å². The van der Waals surface area contributed by atoms with E-state index in [1.165, 1.54) is 18.2 Å². The summed E-state index contributed by atoms with van der Waals surface area (Å²) >= 11 is 0. The van der Waals surface area contributed by atoms with Gasteiger partial charge in [0.2, 0.25) is 5.91 Å². The average molecular weight is 223 g/mol. The molecule has 0 saturated heterocycles. The number of hydrogen-bond acceptors (Lipinski definition) is 2. The first-order chi connectivity index (χ1) is 7.54. The molecule has 0 aromatic heterocycles. The van der Waals surface area contributed by atoms with E-state index in [1.807, 2.05) is 0 Å². The predicted octanol–water partition coefficient (Wildman–Crippen LogP) is 1.63. The summed E-state index contributed by atoms with van der Waals surface area (Å²) < 4.78 is 12.8. The summed E-state index contributed by atoms with van der Waals surface area (Å²) in [4.78, 5) is 22.5. The molecule has 0 radical (unpaired) electrons. The molecule has 1 aromatic carbocycles. The Morgan fingerprint density at radius 2 is 2.06 bits per heavy atom. The first-order valence-electron chi connectivity index (χ1n) is 4.85. The van der Waals surface area contributed by atoms with E-state index in [9.17, 15) is 14.0 Å². The van der Waals surface area contributed by atoms with Crippen molar-refractivity contribution in [2.45, 2.75) is 12.8 Å². The van der Waals surface area contributed by atoms with Crippen LogP contribution in [0.25, 0.3) is 0 Å². The number of hydrogen-bond donors (Lipinski definition) is 2. The van der Waals surface area contributed by atoms with Crippen molar-refractivity contribution in [3.05, 3.63) is 30.1 Å². The quantitative estimate of drug-likeness (QED) is 0.765. The highest BCUT2D eigenvalue weighted by Gasteiger charge is 2.57. The normalized spacial score (nSPS) is 16.6. The van der Waals surface area contributed by atoms with E-state index in [4.69, 9.17) is 5.11 Å². The van der Waals surface area contributed by atoms with Gasteiger partial charge in [-0.25, -0.2) is 4.39 Å². The molecule has 2 N–H and O–H groups in total. The molecule has 5 heteroatoms. The molecule has 0 unspecified atom stereocenters. The van der Waals surface area contributed by atoms with Crippen molar-refractivity contribution < 1.29 is 19.1 Å². The topological polar surface area (TPSA) is 66.4 Å². The van der Waals surface area contributed by atoms with Crippen molar-refractivity contribution in [2.75, 3.05) is 5.32 Å². The van der Waals surface area contributed by atoms with E-state index in [0.29, 0.717) is 12.8 Å². The zero-order valence-electron chi connectivity index (χ0n) is 8.37. The number of anilines is 1. The van der Waals surface area contributed by atoms with Crippen LogP contribution in [0.1, 0.15) is 12.8 Å². The summed E-state index contributed by atoms with van der Waals surface area (Å²) in [7, 11) is 0. The summed E-state index contributed by atoms with van der Waals surface area (Å²) in [5.41, 5.74) is -1.02. The molecule has 1 saturated carbocycles. The van der Waals surface area contributed by atoms with Gasteiger partial charge in [-0.2, -0.15) is 0 Å². The molecule has 2 rings (SSSR count). The number of nitrogens with one attached hydrogen (secondary N) is 1. The fourth-order valence-corrected chi connectivity index (χ4v) is 1.48. The molecule has 4 nitrogen and oxygen atoms in total. The Hall–Kier alpha value is -1.91. The minimum atomic E-state index is -1.30. The molecule has 1 amide bonds. The predicted molar refractivity (Wildman–Crippen MR) is 54.3 cm³/mol. The Balaban J connectivity index is 2.11. The van der Waals surface area contributed by atoms with Crippen LogP contribution < -0.4 is 5.32 Å². The molecule has 0 bridgehead atoms. The van der Waals surface area contributed by atoms with Gasteiger partial charge in [-0.3, -0.25) is 9.59 Å². The van der Waals surface area contributed by atoms with Gasteiger partial charge >= 0.3 is 5.97 Å². The Bertz CT molecular complexity index is 454. The van der Waals surface area contributed by atoms with Crippen molar-refractivity contribution in [2.24, 2.45) is 5.41 Å². The molecule has 16 heavy (non-hydrogen) atoms. The highest BCUT2D eigenvalue weighted by atomic mass is 19.1. The molecular weight excluding hydrogens is 213 g/mol. The van der Waals surface area contributed by atoms with Gasteiger partial charge in [-0.15, -0.1) is 0 Å². The lowest BCUT2D eigenvalue weighted by Crippen LogP contribution is -2.31. The number of carbonyl (C=O) groups excluding carboxylic acids is 1. The highest BCUT2D eigenvalue weighted by Crippen LogP contribution is 2.46. The molecule has 84 valence electrons. The Labute approximate surface area is 91.1 Å². The highest BCUT2D eigenvalue weighted by molar-refractivity contribution is 6.10. The van der Waals surface area contributed by atoms with Crippen molar-refractivity contribution >= 4 is 17.6 Å². The third-order valence-electron chi connectivity index (χ3n) is 2.68. The summed E-state index contributed by atoms with van der Waals surface area (Å²) in [5, 5.41) is 11.3. The molecule has 1 aliphatic rings. The summed E-state index contributed by atoms with van der Waals surface area (Å²) in [5.74, 6) is -2.18. The molecule has 0 spiro atoms. The Morgan fingerprint density at radius 3 is 2.56 bits per heavy atom. The minimum absolute atomic E-state index is 0.275. The lowest BCUT2D eigenvalue weighted by molar-refractivity contribution is -0.147. The Morgan fingerprint density at radius 1 is 1.38 bits per heavy atom. The number of halogens is 1. The number of carbonyl (C=O) groups is 2. The van der Waals surface area contributed by atoms with E-state index >= 15 is 0 Å². The van der Waals surface area contributed by atoms with E-state index in [2.05, 4.69) is 5.32 Å². The van der Waals surface area contributed by atoms with Gasteiger partial charge in [0.15, 0.2) is 0 Å². The lowest BCUT2D eigenvalue weighted by atomic mass is 10.1. The average Bonchev–Trinajstić information content (AvgIpc) is 2.97. The maximum atomic E-state index is 12.8. The molecule has 1 aromatic rings. The van der Waals surface area contributed by atoms with Crippen molar-refractivity contribution in [3.63, 3.8) is 0 Å². The minimum Gasteiger partial charge on any atom is -0.480 e. The third kappa shape index (κ3) is 1.76. The lowest BCUT2D eigenvalue weighted by Gasteiger charge is -2.10. The van der Waals surface area contributed by atoms with Crippen LogP contribution in [0.4, 0.5) is 10.1 Å². The summed E-state index contributed by atoms with van der Waals surface area (Å²) in [6, 6.07) is 5.36. The van der Waals surface area contributed by atoms with Crippen molar-refractivity contribution in [1.82, 2.24) is 0 Å². The van der Waals surface area contributed by atoms with E-state index in [1.54, 1.807) is 0 Å². The molecular formula is C11H10FNO3. The number of amides is 1. The number of rotatable bonds is 3. The smallest absolute Gasteiger partial charge is 0.319 e. The van der Waals surface area contributed by atoms with Gasteiger partial charge in [-0.1, -0.05) is 6.07 Å². The maximum absolute atomic E-state index is 12.8. The van der Waals surface area contributed by atoms with Crippen LogP contribution in [-0.4, -0.2) is 17.0 Å². The Kier molecular flexibility index (Phi) is 2.38. The second-order valence-corrected chi connectivity index (χ2v) is 3.85. The van der Waals surface area contributed by atoms with E-state index in [-0.39, 0.29) is 5.69 Å². The van der Waals surface area contributed by atoms with Crippen LogP contribution in [0.3, 0.4) is 0 Å². The van der Waals surface area contributed by atoms with Gasteiger partial charge < -0.3 is 10.4 Å². The molecule has 1 fully saturated rings. The van der Waals surface area contributed by atoms with Crippen LogP contribution in [0.5, 0.6) is 0 Å². The van der Waals surface area contributed by atoms with Gasteiger partial charge in [0, 0.05) is 5.69 Å².